The lowest BCUT2D eigenvalue weighted by Gasteiger charge is -2.23. The van der Waals surface area contributed by atoms with Crippen LogP contribution in [-0.4, -0.2) is 35.6 Å². The first-order chi connectivity index (χ1) is 8.81. The second-order valence-electron chi connectivity index (χ2n) is 4.73. The highest BCUT2D eigenvalue weighted by Crippen LogP contribution is 2.17. The van der Waals surface area contributed by atoms with Crippen LogP contribution in [0.25, 0.3) is 0 Å². The molecule has 18 heavy (non-hydrogen) atoms. The number of ether oxygens (including phenoxy) is 1. The first-order valence-electron chi connectivity index (χ1n) is 6.64. The number of rotatable bonds is 6. The summed E-state index contributed by atoms with van der Waals surface area (Å²) in [6, 6.07) is 3.49. The molecule has 0 bridgehead atoms. The molecule has 1 N–H and O–H groups in total. The molecule has 5 heteroatoms. The van der Waals surface area contributed by atoms with Gasteiger partial charge in [0.1, 0.15) is 0 Å². The van der Waals surface area contributed by atoms with Crippen LogP contribution in [-0.2, 0) is 11.3 Å². The zero-order valence-electron chi connectivity index (χ0n) is 10.8. The quantitative estimate of drug-likeness (QED) is 0.806. The van der Waals surface area contributed by atoms with E-state index in [9.17, 15) is 4.79 Å². The van der Waals surface area contributed by atoms with Gasteiger partial charge in [-0.3, -0.25) is 4.79 Å². The van der Waals surface area contributed by atoms with Gasteiger partial charge in [0.15, 0.2) is 0 Å². The summed E-state index contributed by atoms with van der Waals surface area (Å²) in [7, 11) is 0. The molecule has 2 rings (SSSR count). The first kappa shape index (κ1) is 13.2. The van der Waals surface area contributed by atoms with Gasteiger partial charge in [-0.2, -0.15) is 5.10 Å². The Balaban J connectivity index is 2.04. The Morgan fingerprint density at radius 1 is 1.67 bits per heavy atom. The standard InChI is InChI=1S/C13H21N3O2/c1-2-6-14-12(11-5-8-18-10-11)9-16-13(17)4-3-7-15-16/h3-4,7,11-12,14H,2,5-6,8-10H2,1H3. The normalized spacial score (nSPS) is 21.1. The van der Waals surface area contributed by atoms with Crippen molar-refractivity contribution in [2.75, 3.05) is 19.8 Å². The van der Waals surface area contributed by atoms with E-state index in [-0.39, 0.29) is 11.6 Å². The molecule has 0 saturated carbocycles. The van der Waals surface area contributed by atoms with Gasteiger partial charge in [0, 0.05) is 30.8 Å². The minimum absolute atomic E-state index is 0.0419. The van der Waals surface area contributed by atoms with Crippen LogP contribution in [0, 0.1) is 5.92 Å². The first-order valence-corrected chi connectivity index (χ1v) is 6.64. The Bertz CT molecular complexity index is 413. The molecule has 1 fully saturated rings. The Morgan fingerprint density at radius 2 is 2.56 bits per heavy atom. The molecule has 0 amide bonds. The highest BCUT2D eigenvalue weighted by Gasteiger charge is 2.25. The van der Waals surface area contributed by atoms with Gasteiger partial charge in [0.05, 0.1) is 13.2 Å². The molecule has 0 aromatic carbocycles. The Hall–Kier alpha value is -1.20. The molecule has 0 spiro atoms. The summed E-state index contributed by atoms with van der Waals surface area (Å²) in [4.78, 5) is 11.7. The molecule has 2 heterocycles. The number of hydrogen-bond donors (Lipinski definition) is 1. The molecular weight excluding hydrogens is 230 g/mol. The van der Waals surface area contributed by atoms with Crippen molar-refractivity contribution in [3.05, 3.63) is 28.7 Å². The third kappa shape index (κ3) is 3.40. The predicted octanol–water partition coefficient (Wildman–Crippen LogP) is 0.648. The maximum absolute atomic E-state index is 11.7. The molecule has 0 aliphatic carbocycles. The molecule has 1 aromatic rings. The number of nitrogens with zero attached hydrogens (tertiary/aromatic N) is 2. The van der Waals surface area contributed by atoms with E-state index in [1.165, 1.54) is 4.68 Å². The third-order valence-corrected chi connectivity index (χ3v) is 3.35. The van der Waals surface area contributed by atoms with Gasteiger partial charge in [-0.05, 0) is 25.5 Å². The summed E-state index contributed by atoms with van der Waals surface area (Å²) in [5.74, 6) is 0.477. The van der Waals surface area contributed by atoms with E-state index < -0.39 is 0 Å². The van der Waals surface area contributed by atoms with Crippen molar-refractivity contribution in [1.82, 2.24) is 15.1 Å². The maximum atomic E-state index is 11.7. The van der Waals surface area contributed by atoms with Crippen LogP contribution >= 0.6 is 0 Å². The lowest BCUT2D eigenvalue weighted by atomic mass is 9.99. The summed E-state index contributed by atoms with van der Waals surface area (Å²) < 4.78 is 6.97. The second-order valence-corrected chi connectivity index (χ2v) is 4.73. The van der Waals surface area contributed by atoms with Crippen LogP contribution in [0.4, 0.5) is 0 Å². The molecule has 1 aromatic heterocycles. The lowest BCUT2D eigenvalue weighted by Crippen LogP contribution is -2.43. The highest BCUT2D eigenvalue weighted by molar-refractivity contribution is 4.87. The van der Waals surface area contributed by atoms with E-state index in [1.807, 2.05) is 0 Å². The molecule has 0 radical (unpaired) electrons. The van der Waals surface area contributed by atoms with E-state index in [0.29, 0.717) is 12.5 Å². The molecule has 2 unspecified atom stereocenters. The van der Waals surface area contributed by atoms with Gasteiger partial charge in [0.2, 0.25) is 0 Å². The van der Waals surface area contributed by atoms with Gasteiger partial charge in [-0.1, -0.05) is 6.92 Å². The van der Waals surface area contributed by atoms with Crippen molar-refractivity contribution >= 4 is 0 Å². The number of nitrogens with one attached hydrogen (secondary N) is 1. The zero-order valence-corrected chi connectivity index (χ0v) is 10.8. The van der Waals surface area contributed by atoms with Gasteiger partial charge < -0.3 is 10.1 Å². The van der Waals surface area contributed by atoms with Gasteiger partial charge >= 0.3 is 0 Å². The van der Waals surface area contributed by atoms with E-state index >= 15 is 0 Å². The third-order valence-electron chi connectivity index (χ3n) is 3.35. The van der Waals surface area contributed by atoms with Crippen LogP contribution in [0.5, 0.6) is 0 Å². The predicted molar refractivity (Wildman–Crippen MR) is 69.5 cm³/mol. The van der Waals surface area contributed by atoms with Crippen LogP contribution in [0.1, 0.15) is 19.8 Å². The topological polar surface area (TPSA) is 56.2 Å². The maximum Gasteiger partial charge on any atom is 0.266 e. The average Bonchev–Trinajstić information content (AvgIpc) is 2.90. The fourth-order valence-corrected chi connectivity index (χ4v) is 2.29. The van der Waals surface area contributed by atoms with Crippen molar-refractivity contribution in [3.8, 4) is 0 Å². The fourth-order valence-electron chi connectivity index (χ4n) is 2.29. The van der Waals surface area contributed by atoms with Crippen LogP contribution in [0.3, 0.4) is 0 Å². The lowest BCUT2D eigenvalue weighted by molar-refractivity contribution is 0.172. The van der Waals surface area contributed by atoms with E-state index in [1.54, 1.807) is 18.3 Å². The summed E-state index contributed by atoms with van der Waals surface area (Å²) in [6.07, 6.45) is 3.80. The SMILES string of the molecule is CCCNC(Cn1ncccc1=O)C1CCOC1. The highest BCUT2D eigenvalue weighted by atomic mass is 16.5. The average molecular weight is 251 g/mol. The zero-order chi connectivity index (χ0) is 12.8. The Kier molecular flexibility index (Phi) is 4.90. The Morgan fingerprint density at radius 3 is 3.22 bits per heavy atom. The smallest absolute Gasteiger partial charge is 0.266 e. The number of hydrogen-bond acceptors (Lipinski definition) is 4. The molecule has 1 saturated heterocycles. The van der Waals surface area contributed by atoms with Crippen molar-refractivity contribution in [1.29, 1.82) is 0 Å². The van der Waals surface area contributed by atoms with Crippen molar-refractivity contribution in [2.45, 2.75) is 32.4 Å². The van der Waals surface area contributed by atoms with Gasteiger partial charge in [-0.15, -0.1) is 0 Å². The van der Waals surface area contributed by atoms with E-state index in [4.69, 9.17) is 4.74 Å². The summed E-state index contributed by atoms with van der Waals surface area (Å²) in [5, 5.41) is 7.63. The monoisotopic (exact) mass is 251 g/mol. The number of aromatic nitrogens is 2. The molecule has 2 atom stereocenters. The van der Waals surface area contributed by atoms with Crippen LogP contribution in [0.2, 0.25) is 0 Å². The largest absolute Gasteiger partial charge is 0.381 e. The van der Waals surface area contributed by atoms with Crippen LogP contribution in [0.15, 0.2) is 23.1 Å². The Labute approximate surface area is 107 Å². The van der Waals surface area contributed by atoms with Gasteiger partial charge in [-0.25, -0.2) is 4.68 Å². The molecule has 5 nitrogen and oxygen atoms in total. The molecule has 100 valence electrons. The minimum atomic E-state index is -0.0419. The summed E-state index contributed by atoms with van der Waals surface area (Å²) in [6.45, 7) is 5.33. The minimum Gasteiger partial charge on any atom is -0.381 e. The van der Waals surface area contributed by atoms with Crippen molar-refractivity contribution in [3.63, 3.8) is 0 Å². The molecule has 1 aliphatic heterocycles. The summed E-state index contributed by atoms with van der Waals surface area (Å²) >= 11 is 0. The van der Waals surface area contributed by atoms with Crippen molar-refractivity contribution < 1.29 is 4.74 Å². The van der Waals surface area contributed by atoms with Gasteiger partial charge in [0.25, 0.3) is 5.56 Å². The van der Waals surface area contributed by atoms with E-state index in [2.05, 4.69) is 17.3 Å². The van der Waals surface area contributed by atoms with E-state index in [0.717, 1.165) is 32.6 Å². The molecule has 1 aliphatic rings. The summed E-state index contributed by atoms with van der Waals surface area (Å²) in [5.41, 5.74) is -0.0419. The van der Waals surface area contributed by atoms with Crippen molar-refractivity contribution in [2.24, 2.45) is 5.92 Å². The molecular formula is C13H21N3O2. The second kappa shape index (κ2) is 6.66. The van der Waals surface area contributed by atoms with Crippen LogP contribution < -0.4 is 10.9 Å². The fraction of sp³-hybridized carbons (Fsp3) is 0.692.